The lowest BCUT2D eigenvalue weighted by atomic mass is 10.2. The van der Waals surface area contributed by atoms with Crippen LogP contribution in [0.3, 0.4) is 0 Å². The predicted octanol–water partition coefficient (Wildman–Crippen LogP) is 1.41. The highest BCUT2D eigenvalue weighted by Gasteiger charge is 2.18. The number of carbonyl (C=O) groups excluding carboxylic acids is 1. The van der Waals surface area contributed by atoms with E-state index in [0.29, 0.717) is 0 Å². The first-order valence-corrected chi connectivity index (χ1v) is 5.42. The minimum absolute atomic E-state index is 0.0793. The SMILES string of the molecule is O=C(Nc1cc(C(=O)O)[nH]n1)c1ccc(F)c([N+](=O)[O-])c1. The lowest BCUT2D eigenvalue weighted by Crippen LogP contribution is -2.12. The zero-order valence-electron chi connectivity index (χ0n) is 10.2. The van der Waals surface area contributed by atoms with Crippen molar-refractivity contribution in [2.24, 2.45) is 0 Å². The first-order valence-electron chi connectivity index (χ1n) is 5.42. The van der Waals surface area contributed by atoms with E-state index in [1.165, 1.54) is 0 Å². The molecule has 0 unspecified atom stereocenters. The summed E-state index contributed by atoms with van der Waals surface area (Å²) in [4.78, 5) is 32.1. The first-order chi connectivity index (χ1) is 9.88. The summed E-state index contributed by atoms with van der Waals surface area (Å²) in [7, 11) is 0. The van der Waals surface area contributed by atoms with Gasteiger partial charge < -0.3 is 10.4 Å². The van der Waals surface area contributed by atoms with Crippen LogP contribution < -0.4 is 5.32 Å². The van der Waals surface area contributed by atoms with Crippen molar-refractivity contribution in [2.45, 2.75) is 0 Å². The smallest absolute Gasteiger partial charge is 0.353 e. The number of nitro groups is 1. The molecule has 1 aromatic carbocycles. The van der Waals surface area contributed by atoms with Crippen molar-refractivity contribution < 1.29 is 24.0 Å². The number of amides is 1. The molecular formula is C11H7FN4O5. The van der Waals surface area contributed by atoms with E-state index in [2.05, 4.69) is 15.5 Å². The molecule has 10 heteroatoms. The number of nitrogens with zero attached hydrogens (tertiary/aromatic N) is 2. The van der Waals surface area contributed by atoms with Gasteiger partial charge in [0.1, 0.15) is 5.69 Å². The number of halogens is 1. The Bertz CT molecular complexity index is 742. The molecule has 0 atom stereocenters. The van der Waals surface area contributed by atoms with Crippen molar-refractivity contribution in [3.63, 3.8) is 0 Å². The molecule has 9 nitrogen and oxygen atoms in total. The standard InChI is InChI=1S/C11H7FN4O5/c12-6-2-1-5(3-8(6)16(20)21)10(17)13-9-4-7(11(18)19)14-15-9/h1-4H,(H,18,19)(H2,13,14,15,17). The number of aromatic carboxylic acids is 1. The van der Waals surface area contributed by atoms with Crippen molar-refractivity contribution >= 4 is 23.4 Å². The minimum atomic E-state index is -1.26. The number of hydrogen-bond donors (Lipinski definition) is 3. The molecule has 0 bridgehead atoms. The number of aromatic amines is 1. The number of H-pyrrole nitrogens is 1. The fraction of sp³-hybridized carbons (Fsp3) is 0. The Morgan fingerprint density at radius 2 is 2.10 bits per heavy atom. The number of aromatic nitrogens is 2. The van der Waals surface area contributed by atoms with Gasteiger partial charge in [0.05, 0.1) is 4.92 Å². The molecule has 0 aliphatic rings. The zero-order valence-corrected chi connectivity index (χ0v) is 10.2. The number of carbonyl (C=O) groups is 2. The highest BCUT2D eigenvalue weighted by Crippen LogP contribution is 2.19. The topological polar surface area (TPSA) is 138 Å². The third kappa shape index (κ3) is 3.00. The molecule has 0 radical (unpaired) electrons. The summed E-state index contributed by atoms with van der Waals surface area (Å²) in [6.45, 7) is 0. The van der Waals surface area contributed by atoms with Gasteiger partial charge in [-0.3, -0.25) is 20.0 Å². The summed E-state index contributed by atoms with van der Waals surface area (Å²) >= 11 is 0. The third-order valence-corrected chi connectivity index (χ3v) is 2.45. The van der Waals surface area contributed by atoms with Gasteiger partial charge in [-0.1, -0.05) is 0 Å². The molecule has 0 aliphatic heterocycles. The molecule has 0 spiro atoms. The second-order valence-corrected chi connectivity index (χ2v) is 3.85. The maximum absolute atomic E-state index is 13.1. The van der Waals surface area contributed by atoms with E-state index in [9.17, 15) is 24.1 Å². The van der Waals surface area contributed by atoms with E-state index in [4.69, 9.17) is 5.11 Å². The number of carboxylic acids is 1. The molecule has 0 saturated heterocycles. The molecule has 1 heterocycles. The van der Waals surface area contributed by atoms with Crippen molar-refractivity contribution in [3.8, 4) is 0 Å². The van der Waals surface area contributed by atoms with E-state index in [0.717, 1.165) is 24.3 Å². The maximum Gasteiger partial charge on any atom is 0.353 e. The Hall–Kier alpha value is -3.30. The zero-order chi connectivity index (χ0) is 15.6. The van der Waals surface area contributed by atoms with E-state index in [1.54, 1.807) is 0 Å². The number of carboxylic acid groups (broad SMARTS) is 1. The molecular weight excluding hydrogens is 287 g/mol. The Morgan fingerprint density at radius 1 is 1.38 bits per heavy atom. The van der Waals surface area contributed by atoms with Crippen LogP contribution in [0.25, 0.3) is 0 Å². The molecule has 0 saturated carbocycles. The second-order valence-electron chi connectivity index (χ2n) is 3.85. The van der Waals surface area contributed by atoms with Gasteiger partial charge in [0.25, 0.3) is 5.91 Å². The van der Waals surface area contributed by atoms with Crippen LogP contribution in [0.15, 0.2) is 24.3 Å². The summed E-state index contributed by atoms with van der Waals surface area (Å²) in [5.41, 5.74) is -1.24. The van der Waals surface area contributed by atoms with Gasteiger partial charge in [0.2, 0.25) is 5.82 Å². The number of nitro benzene ring substituents is 1. The second kappa shape index (κ2) is 5.36. The Labute approximate surface area is 115 Å². The number of rotatable bonds is 4. The van der Waals surface area contributed by atoms with E-state index >= 15 is 0 Å². The van der Waals surface area contributed by atoms with Gasteiger partial charge in [0, 0.05) is 17.7 Å². The fourth-order valence-electron chi connectivity index (χ4n) is 1.48. The van der Waals surface area contributed by atoms with Crippen LogP contribution in [-0.2, 0) is 0 Å². The Morgan fingerprint density at radius 3 is 2.67 bits per heavy atom. The largest absolute Gasteiger partial charge is 0.477 e. The highest BCUT2D eigenvalue weighted by atomic mass is 19.1. The van der Waals surface area contributed by atoms with Gasteiger partial charge in [-0.25, -0.2) is 4.79 Å². The average molecular weight is 294 g/mol. The molecule has 21 heavy (non-hydrogen) atoms. The number of anilines is 1. The summed E-state index contributed by atoms with van der Waals surface area (Å²) in [5, 5.41) is 27.2. The summed E-state index contributed by atoms with van der Waals surface area (Å²) < 4.78 is 13.1. The van der Waals surface area contributed by atoms with Crippen molar-refractivity contribution in [3.05, 3.63) is 51.5 Å². The lowest BCUT2D eigenvalue weighted by Gasteiger charge is -2.02. The van der Waals surface area contributed by atoms with E-state index in [1.807, 2.05) is 0 Å². The molecule has 2 aromatic rings. The third-order valence-electron chi connectivity index (χ3n) is 2.45. The van der Waals surface area contributed by atoms with E-state index < -0.39 is 28.3 Å². The van der Waals surface area contributed by atoms with Crippen molar-refractivity contribution in [2.75, 3.05) is 5.32 Å². The van der Waals surface area contributed by atoms with Crippen LogP contribution in [0, 0.1) is 15.9 Å². The van der Waals surface area contributed by atoms with Crippen LogP contribution in [0.2, 0.25) is 0 Å². The molecule has 0 aliphatic carbocycles. The van der Waals surface area contributed by atoms with Gasteiger partial charge >= 0.3 is 11.7 Å². The summed E-state index contributed by atoms with van der Waals surface area (Å²) in [5.74, 6) is -3.20. The molecule has 3 N–H and O–H groups in total. The predicted molar refractivity (Wildman–Crippen MR) is 66.6 cm³/mol. The van der Waals surface area contributed by atoms with Crippen molar-refractivity contribution in [1.29, 1.82) is 0 Å². The average Bonchev–Trinajstić information content (AvgIpc) is 2.87. The lowest BCUT2D eigenvalue weighted by molar-refractivity contribution is -0.387. The summed E-state index contributed by atoms with van der Waals surface area (Å²) in [6, 6.07) is 3.69. The quantitative estimate of drug-likeness (QED) is 0.575. The fourth-order valence-corrected chi connectivity index (χ4v) is 1.48. The monoisotopic (exact) mass is 294 g/mol. The van der Waals surface area contributed by atoms with Crippen LogP contribution in [0.5, 0.6) is 0 Å². The normalized spacial score (nSPS) is 10.1. The van der Waals surface area contributed by atoms with Crippen LogP contribution in [-0.4, -0.2) is 32.1 Å². The van der Waals surface area contributed by atoms with Crippen molar-refractivity contribution in [1.82, 2.24) is 10.2 Å². The van der Waals surface area contributed by atoms with Gasteiger partial charge in [0.15, 0.2) is 5.82 Å². The Kier molecular flexibility index (Phi) is 3.61. The minimum Gasteiger partial charge on any atom is -0.477 e. The van der Waals surface area contributed by atoms with Gasteiger partial charge in [-0.05, 0) is 12.1 Å². The molecule has 108 valence electrons. The van der Waals surface area contributed by atoms with Crippen LogP contribution in [0.1, 0.15) is 20.8 Å². The van der Waals surface area contributed by atoms with Gasteiger partial charge in [-0.2, -0.15) is 9.49 Å². The van der Waals surface area contributed by atoms with E-state index in [-0.39, 0.29) is 17.1 Å². The Balaban J connectivity index is 2.22. The summed E-state index contributed by atoms with van der Waals surface area (Å²) in [6.07, 6.45) is 0. The number of benzene rings is 1. The maximum atomic E-state index is 13.1. The first kappa shape index (κ1) is 14.1. The molecule has 1 aromatic heterocycles. The van der Waals surface area contributed by atoms with Gasteiger partial charge in [-0.15, -0.1) is 0 Å². The molecule has 1 amide bonds. The number of nitrogens with one attached hydrogen (secondary N) is 2. The molecule has 0 fully saturated rings. The highest BCUT2D eigenvalue weighted by molar-refractivity contribution is 6.04. The molecule has 2 rings (SSSR count). The van der Waals surface area contributed by atoms with Crippen LogP contribution in [0.4, 0.5) is 15.9 Å². The van der Waals surface area contributed by atoms with Crippen LogP contribution >= 0.6 is 0 Å². The number of hydrogen-bond acceptors (Lipinski definition) is 5.